The molecule has 12 nitrogen and oxygen atoms in total. The van der Waals surface area contributed by atoms with Gasteiger partial charge in [-0.3, -0.25) is 14.4 Å². The quantitative estimate of drug-likeness (QED) is 0.158. The Balaban J connectivity index is 2.77. The molecule has 9 N–H and O–H groups in total. The standard InChI is InChI=1S/C21H32N4O8/c1-11(2)7-14(22)18(29)24-16(9-26)20(31)25-17(10-27)19(30)23-15(21(32)33)8-12-3-5-13(28)6-4-12/h3-6,11,14-17,26-28H,7-10,22H2,1-2H3,(H,23,30)(H,24,29)(H,25,31)(H,32,33). The number of carboxylic acid groups (broad SMARTS) is 1. The molecule has 33 heavy (non-hydrogen) atoms. The normalized spacial score (nSPS) is 14.6. The van der Waals surface area contributed by atoms with Gasteiger partial charge in [0, 0.05) is 6.42 Å². The Morgan fingerprint density at radius 1 is 0.848 bits per heavy atom. The van der Waals surface area contributed by atoms with E-state index in [0.29, 0.717) is 12.0 Å². The van der Waals surface area contributed by atoms with Gasteiger partial charge in [-0.25, -0.2) is 4.79 Å². The summed E-state index contributed by atoms with van der Waals surface area (Å²) >= 11 is 0. The first-order valence-corrected chi connectivity index (χ1v) is 10.4. The molecule has 0 aliphatic rings. The number of carbonyl (C=O) groups excluding carboxylic acids is 3. The molecule has 0 saturated heterocycles. The maximum atomic E-state index is 12.5. The second-order valence-electron chi connectivity index (χ2n) is 7.99. The smallest absolute Gasteiger partial charge is 0.326 e. The molecule has 0 spiro atoms. The predicted molar refractivity (Wildman–Crippen MR) is 117 cm³/mol. The summed E-state index contributed by atoms with van der Waals surface area (Å²) in [5.41, 5.74) is 6.27. The number of aliphatic carboxylic acids is 1. The van der Waals surface area contributed by atoms with Crippen LogP contribution in [0.2, 0.25) is 0 Å². The molecule has 0 aromatic heterocycles. The summed E-state index contributed by atoms with van der Waals surface area (Å²) in [6, 6.07) is 0.462. The van der Waals surface area contributed by atoms with Crippen LogP contribution in [0.25, 0.3) is 0 Å². The van der Waals surface area contributed by atoms with E-state index in [0.717, 1.165) is 0 Å². The molecule has 1 aromatic rings. The first kappa shape index (κ1) is 27.8. The molecule has 4 atom stereocenters. The number of carbonyl (C=O) groups is 4. The molecule has 0 fully saturated rings. The van der Waals surface area contributed by atoms with Gasteiger partial charge in [0.15, 0.2) is 0 Å². The van der Waals surface area contributed by atoms with Crippen LogP contribution in [-0.4, -0.2) is 81.5 Å². The zero-order valence-electron chi connectivity index (χ0n) is 18.5. The molecule has 12 heteroatoms. The molecular weight excluding hydrogens is 436 g/mol. The van der Waals surface area contributed by atoms with Crippen LogP contribution in [0.4, 0.5) is 0 Å². The second-order valence-corrected chi connectivity index (χ2v) is 7.99. The SMILES string of the molecule is CC(C)CC(N)C(=O)NC(CO)C(=O)NC(CO)C(=O)NC(Cc1ccc(O)cc1)C(=O)O. The fourth-order valence-electron chi connectivity index (χ4n) is 2.89. The van der Waals surface area contributed by atoms with Crippen LogP contribution in [0.3, 0.4) is 0 Å². The van der Waals surface area contributed by atoms with E-state index in [2.05, 4.69) is 16.0 Å². The third-order valence-electron chi connectivity index (χ3n) is 4.68. The molecule has 0 heterocycles. The Kier molecular flexibility index (Phi) is 11.3. The second kappa shape index (κ2) is 13.4. The number of nitrogens with one attached hydrogen (secondary N) is 3. The third kappa shape index (κ3) is 9.43. The molecular formula is C21H32N4O8. The van der Waals surface area contributed by atoms with Gasteiger partial charge in [0.1, 0.15) is 23.9 Å². The lowest BCUT2D eigenvalue weighted by molar-refractivity contribution is -0.142. The average Bonchev–Trinajstić information content (AvgIpc) is 2.75. The minimum Gasteiger partial charge on any atom is -0.508 e. The van der Waals surface area contributed by atoms with Crippen molar-refractivity contribution < 1.29 is 39.6 Å². The first-order valence-electron chi connectivity index (χ1n) is 10.4. The monoisotopic (exact) mass is 468 g/mol. The minimum absolute atomic E-state index is 0.00610. The number of nitrogens with two attached hydrogens (primary N) is 1. The Labute approximate surface area is 191 Å². The lowest BCUT2D eigenvalue weighted by Crippen LogP contribution is -2.59. The van der Waals surface area contributed by atoms with Gasteiger partial charge in [-0.2, -0.15) is 0 Å². The Morgan fingerprint density at radius 3 is 1.73 bits per heavy atom. The molecule has 0 saturated carbocycles. The van der Waals surface area contributed by atoms with Crippen molar-refractivity contribution in [1.82, 2.24) is 16.0 Å². The summed E-state index contributed by atoms with van der Waals surface area (Å²) in [4.78, 5) is 48.6. The summed E-state index contributed by atoms with van der Waals surface area (Å²) in [6.07, 6.45) is 0.237. The predicted octanol–water partition coefficient (Wildman–Crippen LogP) is -2.17. The number of benzene rings is 1. The fraction of sp³-hybridized carbons (Fsp3) is 0.524. The maximum Gasteiger partial charge on any atom is 0.326 e. The zero-order valence-corrected chi connectivity index (χ0v) is 18.5. The zero-order chi connectivity index (χ0) is 25.1. The number of hydrogen-bond acceptors (Lipinski definition) is 8. The number of amides is 3. The maximum absolute atomic E-state index is 12.5. The Bertz CT molecular complexity index is 815. The topological polar surface area (TPSA) is 211 Å². The van der Waals surface area contributed by atoms with Crippen LogP contribution >= 0.6 is 0 Å². The highest BCUT2D eigenvalue weighted by Gasteiger charge is 2.30. The van der Waals surface area contributed by atoms with Gasteiger partial charge < -0.3 is 42.1 Å². The summed E-state index contributed by atoms with van der Waals surface area (Å²) in [7, 11) is 0. The molecule has 4 unspecified atom stereocenters. The van der Waals surface area contributed by atoms with Crippen molar-refractivity contribution in [3.63, 3.8) is 0 Å². The van der Waals surface area contributed by atoms with Crippen LogP contribution in [-0.2, 0) is 25.6 Å². The fourth-order valence-corrected chi connectivity index (χ4v) is 2.89. The van der Waals surface area contributed by atoms with Gasteiger partial charge in [0.05, 0.1) is 19.3 Å². The Morgan fingerprint density at radius 2 is 1.30 bits per heavy atom. The number of aliphatic hydroxyl groups excluding tert-OH is 2. The molecule has 1 rings (SSSR count). The van der Waals surface area contributed by atoms with Crippen LogP contribution in [0.5, 0.6) is 5.75 Å². The van der Waals surface area contributed by atoms with Crippen molar-refractivity contribution in [2.75, 3.05) is 13.2 Å². The minimum atomic E-state index is -1.53. The number of phenolic OH excluding ortho intramolecular Hbond substituents is 1. The summed E-state index contributed by atoms with van der Waals surface area (Å²) in [6.45, 7) is 2.08. The Hall–Kier alpha value is -3.22. The van der Waals surface area contributed by atoms with Gasteiger partial charge in [-0.1, -0.05) is 26.0 Å². The van der Waals surface area contributed by atoms with Crippen molar-refractivity contribution >= 4 is 23.7 Å². The van der Waals surface area contributed by atoms with E-state index in [-0.39, 0.29) is 18.1 Å². The van der Waals surface area contributed by atoms with Crippen molar-refractivity contribution in [3.8, 4) is 5.75 Å². The van der Waals surface area contributed by atoms with E-state index in [1.165, 1.54) is 24.3 Å². The van der Waals surface area contributed by atoms with Crippen LogP contribution in [0, 0.1) is 5.92 Å². The van der Waals surface area contributed by atoms with E-state index < -0.39 is 61.1 Å². The van der Waals surface area contributed by atoms with E-state index in [4.69, 9.17) is 5.73 Å². The van der Waals surface area contributed by atoms with Crippen LogP contribution in [0.1, 0.15) is 25.8 Å². The van der Waals surface area contributed by atoms with Crippen molar-refractivity contribution in [2.45, 2.75) is 50.9 Å². The number of aromatic hydroxyl groups is 1. The highest BCUT2D eigenvalue weighted by Crippen LogP contribution is 2.11. The summed E-state index contributed by atoms with van der Waals surface area (Å²) < 4.78 is 0. The van der Waals surface area contributed by atoms with E-state index in [9.17, 15) is 39.6 Å². The van der Waals surface area contributed by atoms with Crippen LogP contribution in [0.15, 0.2) is 24.3 Å². The van der Waals surface area contributed by atoms with E-state index in [1.807, 2.05) is 13.8 Å². The lowest BCUT2D eigenvalue weighted by Gasteiger charge is -2.23. The van der Waals surface area contributed by atoms with Crippen molar-refractivity contribution in [1.29, 1.82) is 0 Å². The number of rotatable bonds is 13. The molecule has 1 aromatic carbocycles. The molecule has 0 radical (unpaired) electrons. The molecule has 0 aliphatic carbocycles. The van der Waals surface area contributed by atoms with Gasteiger partial charge in [0.25, 0.3) is 0 Å². The average molecular weight is 469 g/mol. The summed E-state index contributed by atoms with van der Waals surface area (Å²) in [5, 5.41) is 44.4. The summed E-state index contributed by atoms with van der Waals surface area (Å²) in [5.74, 6) is -3.83. The number of phenols is 1. The third-order valence-corrected chi connectivity index (χ3v) is 4.68. The van der Waals surface area contributed by atoms with Gasteiger partial charge in [0.2, 0.25) is 17.7 Å². The highest BCUT2D eigenvalue weighted by molar-refractivity contribution is 5.94. The highest BCUT2D eigenvalue weighted by atomic mass is 16.4. The van der Waals surface area contributed by atoms with E-state index in [1.54, 1.807) is 0 Å². The van der Waals surface area contributed by atoms with Crippen LogP contribution < -0.4 is 21.7 Å². The number of hydrogen-bond donors (Lipinski definition) is 8. The molecule has 184 valence electrons. The van der Waals surface area contributed by atoms with Crippen molar-refractivity contribution in [3.05, 3.63) is 29.8 Å². The molecule has 0 aliphatic heterocycles. The lowest BCUT2D eigenvalue weighted by atomic mass is 10.0. The van der Waals surface area contributed by atoms with E-state index >= 15 is 0 Å². The number of carboxylic acids is 1. The van der Waals surface area contributed by atoms with Gasteiger partial charge in [-0.05, 0) is 30.0 Å². The largest absolute Gasteiger partial charge is 0.508 e. The van der Waals surface area contributed by atoms with Crippen molar-refractivity contribution in [2.24, 2.45) is 11.7 Å². The molecule has 0 bridgehead atoms. The van der Waals surface area contributed by atoms with Gasteiger partial charge >= 0.3 is 5.97 Å². The first-order chi connectivity index (χ1) is 15.5. The molecule has 3 amide bonds. The number of aliphatic hydroxyl groups is 2. The van der Waals surface area contributed by atoms with Gasteiger partial charge in [-0.15, -0.1) is 0 Å².